The van der Waals surface area contributed by atoms with Gasteiger partial charge in [-0.1, -0.05) is 30.3 Å². The Morgan fingerprint density at radius 1 is 0.556 bits per heavy atom. The molecule has 0 aliphatic rings. The topological polar surface area (TPSA) is 211 Å². The summed E-state index contributed by atoms with van der Waals surface area (Å²) in [5.74, 6) is 5.11. The molecule has 0 aliphatic carbocycles. The van der Waals surface area contributed by atoms with Gasteiger partial charge in [0.15, 0.2) is 11.6 Å². The van der Waals surface area contributed by atoms with Gasteiger partial charge in [-0.25, -0.2) is 0 Å². The minimum Gasteiger partial charge on any atom is -0.494 e. The Morgan fingerprint density at radius 2 is 1.00 bits per heavy atom. The van der Waals surface area contributed by atoms with Gasteiger partial charge in [-0.05, 0) is 54.1 Å². The predicted molar refractivity (Wildman–Crippen MR) is 219 cm³/mol. The van der Waals surface area contributed by atoms with Crippen LogP contribution >= 0.6 is 23.2 Å². The fourth-order valence-electron chi connectivity index (χ4n) is 4.38. The van der Waals surface area contributed by atoms with Crippen LogP contribution in [0.1, 0.15) is 18.6 Å². The quantitative estimate of drug-likeness (QED) is 0.120. The first kappa shape index (κ1) is 40.7. The molecule has 3 heterocycles. The maximum Gasteiger partial charge on any atom is 0.232 e. The SMILES string of the molecule is CCOc1ccc(Nc2nc(N)nc(CCl)n2)cc1.CN(C)c1nc(N(C)C)nc(N(C)C)n1.Nc1nc(CCl)nc(Nc2ccc3ccccc3c2)n1. The number of ether oxygens (including phenoxy) is 1. The Bertz CT molecular complexity index is 2040. The van der Waals surface area contributed by atoms with Crippen molar-refractivity contribution in [1.82, 2.24) is 44.9 Å². The Balaban J connectivity index is 0.000000183. The van der Waals surface area contributed by atoms with Crippen LogP contribution in [0.2, 0.25) is 0 Å². The highest BCUT2D eigenvalue weighted by atomic mass is 35.5. The largest absolute Gasteiger partial charge is 0.494 e. The second-order valence-electron chi connectivity index (χ2n) is 11.8. The van der Waals surface area contributed by atoms with Crippen LogP contribution in [0.15, 0.2) is 66.7 Å². The van der Waals surface area contributed by atoms with Crippen LogP contribution in [-0.2, 0) is 11.8 Å². The van der Waals surface area contributed by atoms with Gasteiger partial charge in [-0.15, -0.1) is 23.2 Å². The number of halogens is 2. The molecule has 19 heteroatoms. The number of rotatable bonds is 11. The summed E-state index contributed by atoms with van der Waals surface area (Å²) in [7, 11) is 11.5. The van der Waals surface area contributed by atoms with Gasteiger partial charge in [-0.3, -0.25) is 0 Å². The van der Waals surface area contributed by atoms with E-state index in [0.29, 0.717) is 48.0 Å². The summed E-state index contributed by atoms with van der Waals surface area (Å²) < 4.78 is 5.36. The second kappa shape index (κ2) is 19.7. The van der Waals surface area contributed by atoms with Crippen molar-refractivity contribution in [2.75, 3.05) is 85.7 Å². The minimum absolute atomic E-state index is 0.138. The lowest BCUT2D eigenvalue weighted by Crippen LogP contribution is -2.22. The molecule has 6 rings (SSSR count). The molecule has 0 saturated heterocycles. The molecule has 0 spiro atoms. The van der Waals surface area contributed by atoms with E-state index in [0.717, 1.165) is 22.5 Å². The van der Waals surface area contributed by atoms with Crippen molar-refractivity contribution in [3.63, 3.8) is 0 Å². The Labute approximate surface area is 324 Å². The van der Waals surface area contributed by atoms with Crippen molar-refractivity contribution >= 4 is 87.0 Å². The zero-order valence-electron chi connectivity index (χ0n) is 31.2. The molecule has 0 radical (unpaired) electrons. The summed E-state index contributed by atoms with van der Waals surface area (Å²) in [4.78, 5) is 42.7. The fourth-order valence-corrected chi connectivity index (χ4v) is 4.62. The lowest BCUT2D eigenvalue weighted by Gasteiger charge is -2.18. The first-order valence-electron chi connectivity index (χ1n) is 16.5. The van der Waals surface area contributed by atoms with E-state index in [9.17, 15) is 0 Å². The third-order valence-electron chi connectivity index (χ3n) is 6.86. The Hall–Kier alpha value is -6.07. The third-order valence-corrected chi connectivity index (χ3v) is 7.34. The van der Waals surface area contributed by atoms with E-state index < -0.39 is 0 Å². The summed E-state index contributed by atoms with van der Waals surface area (Å²) in [6.45, 7) is 2.57. The number of nitrogens with one attached hydrogen (secondary N) is 2. The number of hydrogen-bond donors (Lipinski definition) is 4. The molecule has 0 amide bonds. The standard InChI is InChI=1S/C14H12ClN5.C12H14ClN5O.C9H18N6/c15-8-12-18-13(16)20-14(19-12)17-11-6-5-9-3-1-2-4-10(9)7-11;1-2-19-9-5-3-8(4-6-9)15-12-17-10(7-13)16-11(14)18-12;1-13(2)7-10-8(14(3)4)12-9(11-7)15(5)6/h1-7H,8H2,(H3,16,17,18,19,20);3-6H,2,7H2,1H3,(H3,14,15,16,17,18);1-6H3. The predicted octanol–water partition coefficient (Wildman–Crippen LogP) is 5.49. The van der Waals surface area contributed by atoms with Crippen LogP contribution in [-0.4, -0.2) is 93.7 Å². The summed E-state index contributed by atoms with van der Waals surface area (Å²) in [6, 6.07) is 21.6. The van der Waals surface area contributed by atoms with Gasteiger partial charge in [0.2, 0.25) is 41.6 Å². The summed E-state index contributed by atoms with van der Waals surface area (Å²) >= 11 is 11.4. The van der Waals surface area contributed by atoms with Gasteiger partial charge >= 0.3 is 0 Å². The number of nitrogen functional groups attached to an aromatic ring is 2. The summed E-state index contributed by atoms with van der Waals surface area (Å²) in [5, 5.41) is 8.45. The van der Waals surface area contributed by atoms with Crippen LogP contribution < -0.4 is 41.5 Å². The molecule has 6 aromatic rings. The van der Waals surface area contributed by atoms with Gasteiger partial charge in [0.05, 0.1) is 18.4 Å². The number of anilines is 9. The molecule has 3 aromatic heterocycles. The lowest BCUT2D eigenvalue weighted by molar-refractivity contribution is 0.340. The van der Waals surface area contributed by atoms with E-state index in [1.807, 2.05) is 125 Å². The monoisotopic (exact) mass is 774 g/mol. The average molecular weight is 776 g/mol. The van der Waals surface area contributed by atoms with Crippen LogP contribution in [0.5, 0.6) is 5.75 Å². The lowest BCUT2D eigenvalue weighted by atomic mass is 10.1. The van der Waals surface area contributed by atoms with Crippen molar-refractivity contribution < 1.29 is 4.74 Å². The van der Waals surface area contributed by atoms with Crippen LogP contribution in [0.3, 0.4) is 0 Å². The third kappa shape index (κ3) is 12.3. The molecular weight excluding hydrogens is 731 g/mol. The van der Waals surface area contributed by atoms with E-state index in [1.54, 1.807) is 0 Å². The van der Waals surface area contributed by atoms with Crippen molar-refractivity contribution in [2.24, 2.45) is 0 Å². The molecule has 0 bridgehead atoms. The van der Waals surface area contributed by atoms with Gasteiger partial charge in [0, 0.05) is 53.7 Å². The van der Waals surface area contributed by atoms with Crippen molar-refractivity contribution in [1.29, 1.82) is 0 Å². The summed E-state index contributed by atoms with van der Waals surface area (Å²) in [6.07, 6.45) is 0. The van der Waals surface area contributed by atoms with Crippen LogP contribution in [0.25, 0.3) is 10.8 Å². The highest BCUT2D eigenvalue weighted by Gasteiger charge is 2.11. The number of nitrogens with two attached hydrogens (primary N) is 2. The highest BCUT2D eigenvalue weighted by molar-refractivity contribution is 6.17. The Kier molecular flexibility index (Phi) is 14.8. The zero-order chi connectivity index (χ0) is 39.2. The number of aromatic nitrogens is 9. The van der Waals surface area contributed by atoms with Gasteiger partial charge in [0.1, 0.15) is 5.75 Å². The molecule has 54 heavy (non-hydrogen) atoms. The van der Waals surface area contributed by atoms with E-state index >= 15 is 0 Å². The maximum atomic E-state index is 5.72. The van der Waals surface area contributed by atoms with Crippen molar-refractivity contribution in [3.8, 4) is 5.75 Å². The molecular formula is C35H44Cl2N16O. The van der Waals surface area contributed by atoms with Gasteiger partial charge in [-0.2, -0.15) is 44.9 Å². The van der Waals surface area contributed by atoms with E-state index in [1.165, 1.54) is 5.39 Å². The van der Waals surface area contributed by atoms with E-state index in [4.69, 9.17) is 39.4 Å². The first-order valence-corrected chi connectivity index (χ1v) is 17.6. The minimum atomic E-state index is 0.138. The highest BCUT2D eigenvalue weighted by Crippen LogP contribution is 2.22. The molecule has 17 nitrogen and oxygen atoms in total. The normalized spacial score (nSPS) is 10.3. The van der Waals surface area contributed by atoms with E-state index in [-0.39, 0.29) is 23.7 Å². The Morgan fingerprint density at radius 3 is 1.44 bits per heavy atom. The molecule has 0 aliphatic heterocycles. The second-order valence-corrected chi connectivity index (χ2v) is 12.4. The summed E-state index contributed by atoms with van der Waals surface area (Å²) in [5.41, 5.74) is 12.9. The molecule has 6 N–H and O–H groups in total. The van der Waals surface area contributed by atoms with Crippen LogP contribution in [0.4, 0.5) is 53.0 Å². The molecule has 0 unspecified atom stereocenters. The van der Waals surface area contributed by atoms with Crippen molar-refractivity contribution in [3.05, 3.63) is 78.4 Å². The van der Waals surface area contributed by atoms with Crippen molar-refractivity contribution in [2.45, 2.75) is 18.7 Å². The number of benzene rings is 3. The smallest absolute Gasteiger partial charge is 0.232 e. The number of fused-ring (bicyclic) bond motifs is 1. The zero-order valence-corrected chi connectivity index (χ0v) is 32.7. The molecule has 0 saturated carbocycles. The first-order chi connectivity index (χ1) is 25.9. The maximum absolute atomic E-state index is 5.72. The number of hydrogen-bond acceptors (Lipinski definition) is 17. The molecule has 0 fully saturated rings. The van der Waals surface area contributed by atoms with Gasteiger partial charge in [0.25, 0.3) is 0 Å². The molecule has 0 atom stereocenters. The fraction of sp³-hybridized carbons (Fsp3) is 0.286. The number of alkyl halides is 2. The number of nitrogens with zero attached hydrogens (tertiary/aromatic N) is 12. The molecule has 3 aromatic carbocycles. The molecule has 284 valence electrons. The average Bonchev–Trinajstić information content (AvgIpc) is 3.15. The van der Waals surface area contributed by atoms with Crippen LogP contribution in [0, 0.1) is 0 Å². The van der Waals surface area contributed by atoms with Gasteiger partial charge < -0.3 is 41.5 Å². The van der Waals surface area contributed by atoms with E-state index in [2.05, 4.69) is 61.6 Å².